The molecule has 1 heterocycles. The van der Waals surface area contributed by atoms with E-state index >= 15 is 0 Å². The van der Waals surface area contributed by atoms with Crippen LogP contribution in [0.1, 0.15) is 18.9 Å². The lowest BCUT2D eigenvalue weighted by atomic mass is 10.2. The number of halogens is 1. The normalized spacial score (nSPS) is 15.4. The van der Waals surface area contributed by atoms with E-state index in [9.17, 15) is 9.18 Å². The molecule has 8 heteroatoms. The van der Waals surface area contributed by atoms with Gasteiger partial charge in [-0.2, -0.15) is 0 Å². The van der Waals surface area contributed by atoms with Gasteiger partial charge in [-0.3, -0.25) is 9.69 Å². The smallest absolute Gasteiger partial charge is 0.243 e. The van der Waals surface area contributed by atoms with Gasteiger partial charge in [-0.05, 0) is 31.0 Å². The molecule has 1 aliphatic rings. The van der Waals surface area contributed by atoms with E-state index in [0.29, 0.717) is 13.2 Å². The molecule has 2 rings (SSSR count). The predicted octanol–water partition coefficient (Wildman–Crippen LogP) is 1.40. The van der Waals surface area contributed by atoms with Gasteiger partial charge in [-0.1, -0.05) is 12.1 Å². The Morgan fingerprint density at radius 3 is 2.69 bits per heavy atom. The minimum Gasteiger partial charge on any atom is -0.382 e. The molecule has 0 radical (unpaired) electrons. The largest absolute Gasteiger partial charge is 0.382 e. The lowest BCUT2D eigenvalue weighted by molar-refractivity contribution is -0.127. The molecule has 0 aromatic heterocycles. The van der Waals surface area contributed by atoms with Crippen molar-refractivity contribution in [1.82, 2.24) is 20.0 Å². The number of nitrogens with zero attached hydrogens (tertiary/aromatic N) is 4. The molecule has 0 saturated carbocycles. The average Bonchev–Trinajstić information content (AvgIpc) is 2.70. The number of carbonyl (C=O) groups excluding carboxylic acids is 1. The van der Waals surface area contributed by atoms with Crippen LogP contribution in [0.25, 0.3) is 0 Å². The van der Waals surface area contributed by atoms with Crippen LogP contribution in [0.2, 0.25) is 0 Å². The van der Waals surface area contributed by atoms with Gasteiger partial charge in [0, 0.05) is 66.6 Å². The summed E-state index contributed by atoms with van der Waals surface area (Å²) in [6.07, 6.45) is 0.883. The summed E-state index contributed by atoms with van der Waals surface area (Å²) in [5, 5.41) is 3.37. The Balaban J connectivity index is 1.89. The lowest BCUT2D eigenvalue weighted by Crippen LogP contribution is -2.52. The van der Waals surface area contributed by atoms with Crippen molar-refractivity contribution in [3.8, 4) is 0 Å². The van der Waals surface area contributed by atoms with Gasteiger partial charge in [0.2, 0.25) is 5.91 Å². The SMILES string of the molecule is CCOCCCNC(=NCC(=O)N(C)C)N1CCN(Cc2cccc(F)c2)CC1. The third-order valence-electron chi connectivity index (χ3n) is 4.78. The Kier molecular flexibility index (Phi) is 9.87. The quantitative estimate of drug-likeness (QED) is 0.381. The predicted molar refractivity (Wildman–Crippen MR) is 113 cm³/mol. The monoisotopic (exact) mass is 407 g/mol. The van der Waals surface area contributed by atoms with Gasteiger partial charge in [-0.15, -0.1) is 0 Å². The van der Waals surface area contributed by atoms with Crippen molar-refractivity contribution in [1.29, 1.82) is 0 Å². The molecule has 1 aliphatic heterocycles. The topological polar surface area (TPSA) is 60.4 Å². The van der Waals surface area contributed by atoms with Crippen LogP contribution in [-0.4, -0.2) is 93.1 Å². The fraction of sp³-hybridized carbons (Fsp3) is 0.619. The minimum absolute atomic E-state index is 0.0247. The number of likely N-dealkylation sites (N-methyl/N-ethyl adjacent to an activating group) is 1. The minimum atomic E-state index is -0.197. The summed E-state index contributed by atoms with van der Waals surface area (Å²) in [4.78, 5) is 22.5. The second-order valence-electron chi connectivity index (χ2n) is 7.30. The zero-order valence-electron chi connectivity index (χ0n) is 17.9. The molecule has 1 amide bonds. The van der Waals surface area contributed by atoms with E-state index in [0.717, 1.165) is 57.2 Å². The van der Waals surface area contributed by atoms with Crippen molar-refractivity contribution >= 4 is 11.9 Å². The first-order chi connectivity index (χ1) is 14.0. The molecule has 7 nitrogen and oxygen atoms in total. The summed E-state index contributed by atoms with van der Waals surface area (Å²) in [6, 6.07) is 6.76. The number of rotatable bonds is 9. The molecule has 162 valence electrons. The number of ether oxygens (including phenoxy) is 1. The number of aliphatic imine (C=N–C) groups is 1. The first-order valence-electron chi connectivity index (χ1n) is 10.3. The van der Waals surface area contributed by atoms with Gasteiger partial charge >= 0.3 is 0 Å². The molecule has 0 spiro atoms. The van der Waals surface area contributed by atoms with Gasteiger partial charge in [0.15, 0.2) is 5.96 Å². The summed E-state index contributed by atoms with van der Waals surface area (Å²) in [5.74, 6) is 0.544. The highest BCUT2D eigenvalue weighted by Gasteiger charge is 2.20. The Morgan fingerprint density at radius 1 is 1.28 bits per heavy atom. The molecule has 0 unspecified atom stereocenters. The van der Waals surface area contributed by atoms with Gasteiger partial charge in [0.25, 0.3) is 0 Å². The molecule has 1 fully saturated rings. The highest BCUT2D eigenvalue weighted by Crippen LogP contribution is 2.10. The number of piperazine rings is 1. The molecule has 1 saturated heterocycles. The third-order valence-corrected chi connectivity index (χ3v) is 4.78. The first kappa shape index (κ1) is 23.1. The van der Waals surface area contributed by atoms with Crippen LogP contribution in [0, 0.1) is 5.82 Å². The standard InChI is InChI=1S/C21H34FN5O2/c1-4-29-14-6-9-23-21(24-16-20(28)25(2)3)27-12-10-26(11-13-27)17-18-7-5-8-19(22)15-18/h5,7-8,15H,4,6,9-14,16-17H2,1-3H3,(H,23,24). The van der Waals surface area contributed by atoms with Crippen molar-refractivity contribution in [2.45, 2.75) is 19.9 Å². The Morgan fingerprint density at radius 2 is 2.03 bits per heavy atom. The van der Waals surface area contributed by atoms with Crippen LogP contribution in [-0.2, 0) is 16.1 Å². The number of hydrogen-bond acceptors (Lipinski definition) is 4. The van der Waals surface area contributed by atoms with Crippen LogP contribution in [0.4, 0.5) is 4.39 Å². The third kappa shape index (κ3) is 8.37. The number of guanidine groups is 1. The van der Waals surface area contributed by atoms with Crippen molar-refractivity contribution in [3.63, 3.8) is 0 Å². The van der Waals surface area contributed by atoms with E-state index in [1.54, 1.807) is 31.1 Å². The number of nitrogens with one attached hydrogen (secondary N) is 1. The number of amides is 1. The first-order valence-corrected chi connectivity index (χ1v) is 10.3. The Labute approximate surface area is 173 Å². The number of benzene rings is 1. The number of carbonyl (C=O) groups is 1. The molecule has 1 aromatic rings. The zero-order valence-corrected chi connectivity index (χ0v) is 17.9. The molecule has 29 heavy (non-hydrogen) atoms. The van der Waals surface area contributed by atoms with Crippen molar-refractivity contribution in [2.24, 2.45) is 4.99 Å². The fourth-order valence-electron chi connectivity index (χ4n) is 3.08. The Bertz CT molecular complexity index is 660. The van der Waals surface area contributed by atoms with E-state index < -0.39 is 0 Å². The fourth-order valence-corrected chi connectivity index (χ4v) is 3.08. The molecule has 0 atom stereocenters. The van der Waals surface area contributed by atoms with Gasteiger partial charge < -0.3 is 19.9 Å². The summed E-state index contributed by atoms with van der Waals surface area (Å²) in [6.45, 7) is 8.35. The van der Waals surface area contributed by atoms with Gasteiger partial charge in [-0.25, -0.2) is 9.38 Å². The van der Waals surface area contributed by atoms with E-state index in [-0.39, 0.29) is 18.3 Å². The zero-order chi connectivity index (χ0) is 21.1. The highest BCUT2D eigenvalue weighted by atomic mass is 19.1. The molecular weight excluding hydrogens is 373 g/mol. The second-order valence-corrected chi connectivity index (χ2v) is 7.30. The van der Waals surface area contributed by atoms with Crippen LogP contribution in [0.15, 0.2) is 29.3 Å². The van der Waals surface area contributed by atoms with Crippen molar-refractivity contribution in [3.05, 3.63) is 35.6 Å². The van der Waals surface area contributed by atoms with Crippen molar-refractivity contribution in [2.75, 3.05) is 66.6 Å². The molecule has 0 bridgehead atoms. The maximum Gasteiger partial charge on any atom is 0.243 e. The van der Waals surface area contributed by atoms with Gasteiger partial charge in [0.1, 0.15) is 12.4 Å². The maximum absolute atomic E-state index is 13.4. The maximum atomic E-state index is 13.4. The number of hydrogen-bond donors (Lipinski definition) is 1. The molecule has 1 aromatic carbocycles. The molecular formula is C21H34FN5O2. The highest BCUT2D eigenvalue weighted by molar-refractivity contribution is 5.84. The summed E-state index contributed by atoms with van der Waals surface area (Å²) < 4.78 is 18.8. The van der Waals surface area contributed by atoms with E-state index in [1.165, 1.54) is 6.07 Å². The van der Waals surface area contributed by atoms with Crippen LogP contribution in [0.5, 0.6) is 0 Å². The summed E-state index contributed by atoms with van der Waals surface area (Å²) >= 11 is 0. The summed E-state index contributed by atoms with van der Waals surface area (Å²) in [5.41, 5.74) is 0.984. The average molecular weight is 408 g/mol. The lowest BCUT2D eigenvalue weighted by Gasteiger charge is -2.36. The molecule has 0 aliphatic carbocycles. The molecule has 1 N–H and O–H groups in total. The Hall–Kier alpha value is -2.19. The second kappa shape index (κ2) is 12.4. The van der Waals surface area contributed by atoms with Crippen LogP contribution < -0.4 is 5.32 Å². The van der Waals surface area contributed by atoms with E-state index in [1.807, 2.05) is 13.0 Å². The van der Waals surface area contributed by atoms with Crippen molar-refractivity contribution < 1.29 is 13.9 Å². The van der Waals surface area contributed by atoms with Crippen LogP contribution in [0.3, 0.4) is 0 Å². The summed E-state index contributed by atoms with van der Waals surface area (Å²) in [7, 11) is 3.47. The van der Waals surface area contributed by atoms with Gasteiger partial charge in [0.05, 0.1) is 0 Å². The van der Waals surface area contributed by atoms with E-state index in [4.69, 9.17) is 4.74 Å². The van der Waals surface area contributed by atoms with Crippen LogP contribution >= 0.6 is 0 Å². The van der Waals surface area contributed by atoms with E-state index in [2.05, 4.69) is 20.1 Å².